The molecule has 2 aliphatic rings. The molecule has 0 radical (unpaired) electrons. The summed E-state index contributed by atoms with van der Waals surface area (Å²) in [6, 6.07) is -0.186. The van der Waals surface area contributed by atoms with Crippen LogP contribution in [0.2, 0.25) is 0 Å². The predicted molar refractivity (Wildman–Crippen MR) is 55.5 cm³/mol. The van der Waals surface area contributed by atoms with Gasteiger partial charge in [-0.2, -0.15) is 5.10 Å². The van der Waals surface area contributed by atoms with Crippen LogP contribution in [0.1, 0.15) is 13.3 Å². The van der Waals surface area contributed by atoms with Crippen LogP contribution < -0.4 is 5.43 Å². The van der Waals surface area contributed by atoms with Gasteiger partial charge in [-0.05, 0) is 0 Å². The van der Waals surface area contributed by atoms with Crippen molar-refractivity contribution in [2.45, 2.75) is 19.6 Å². The van der Waals surface area contributed by atoms with E-state index in [1.807, 2.05) is 0 Å². The fourth-order valence-corrected chi connectivity index (χ4v) is 1.80. The van der Waals surface area contributed by atoms with Crippen molar-refractivity contribution in [3.63, 3.8) is 0 Å². The summed E-state index contributed by atoms with van der Waals surface area (Å²) < 4.78 is 5.09. The van der Waals surface area contributed by atoms with Crippen LogP contribution in [0.25, 0.3) is 0 Å². The molecule has 88 valence electrons. The first-order valence-corrected chi connectivity index (χ1v) is 5.10. The van der Waals surface area contributed by atoms with Gasteiger partial charge in [0.05, 0.1) is 6.54 Å². The molecule has 1 fully saturated rings. The summed E-state index contributed by atoms with van der Waals surface area (Å²) in [6.07, 6.45) is 0.103. The third-order valence-electron chi connectivity index (χ3n) is 2.50. The molecule has 0 bridgehead atoms. The van der Waals surface area contributed by atoms with Crippen molar-refractivity contribution >= 4 is 17.8 Å². The van der Waals surface area contributed by atoms with Gasteiger partial charge in [-0.25, -0.2) is 9.69 Å². The molecule has 1 N–H and O–H groups in total. The molecule has 7 heteroatoms. The highest BCUT2D eigenvalue weighted by atomic mass is 16.6. The first-order valence-electron chi connectivity index (χ1n) is 5.10. The number of esters is 1. The lowest BCUT2D eigenvalue weighted by atomic mass is 10.3. The molecule has 1 saturated heterocycles. The molecule has 16 heavy (non-hydrogen) atoms. The van der Waals surface area contributed by atoms with Crippen molar-refractivity contribution in [2.75, 3.05) is 20.1 Å². The van der Waals surface area contributed by atoms with E-state index in [0.29, 0.717) is 25.3 Å². The number of hydrogen-bond donors (Lipinski definition) is 1. The molecule has 0 spiro atoms. The number of likely N-dealkylation sites (N-methyl/N-ethyl adjacent to an activating group) is 1. The SMILES string of the molecule is CC(=O)OC1CN(C)C(=O)N1C1=NNCC1. The van der Waals surface area contributed by atoms with Gasteiger partial charge < -0.3 is 15.1 Å². The molecule has 2 amide bonds. The summed E-state index contributed by atoms with van der Waals surface area (Å²) in [7, 11) is 1.67. The zero-order valence-electron chi connectivity index (χ0n) is 9.27. The maximum atomic E-state index is 11.8. The number of amidine groups is 1. The van der Waals surface area contributed by atoms with E-state index in [2.05, 4.69) is 10.5 Å². The van der Waals surface area contributed by atoms with Crippen molar-refractivity contribution in [1.82, 2.24) is 15.2 Å². The fraction of sp³-hybridized carbons (Fsp3) is 0.667. The lowest BCUT2D eigenvalue weighted by Gasteiger charge is -2.21. The van der Waals surface area contributed by atoms with Gasteiger partial charge in [0.15, 0.2) is 0 Å². The van der Waals surface area contributed by atoms with Crippen LogP contribution in [0.3, 0.4) is 0 Å². The molecule has 0 saturated carbocycles. The number of nitrogens with one attached hydrogen (secondary N) is 1. The summed E-state index contributed by atoms with van der Waals surface area (Å²) in [5.74, 6) is 0.227. The minimum atomic E-state index is -0.561. The first-order chi connectivity index (χ1) is 7.59. The van der Waals surface area contributed by atoms with E-state index in [9.17, 15) is 9.59 Å². The molecular weight excluding hydrogens is 212 g/mol. The second-order valence-corrected chi connectivity index (χ2v) is 3.78. The summed E-state index contributed by atoms with van der Waals surface area (Å²) >= 11 is 0. The average molecular weight is 226 g/mol. The van der Waals surface area contributed by atoms with Crippen molar-refractivity contribution in [3.05, 3.63) is 0 Å². The molecule has 7 nitrogen and oxygen atoms in total. The first kappa shape index (κ1) is 10.7. The van der Waals surface area contributed by atoms with Gasteiger partial charge in [0.2, 0.25) is 6.23 Å². The minimum Gasteiger partial charge on any atom is -0.439 e. The molecule has 1 atom stereocenters. The summed E-state index contributed by atoms with van der Waals surface area (Å²) in [6.45, 7) is 2.41. The molecule has 0 aromatic heterocycles. The van der Waals surface area contributed by atoms with Crippen LogP contribution in [-0.2, 0) is 9.53 Å². The molecule has 2 heterocycles. The van der Waals surface area contributed by atoms with Crippen LogP contribution in [0.5, 0.6) is 0 Å². The Morgan fingerprint density at radius 1 is 1.62 bits per heavy atom. The van der Waals surface area contributed by atoms with Gasteiger partial charge in [0, 0.05) is 26.9 Å². The topological polar surface area (TPSA) is 74.2 Å². The van der Waals surface area contributed by atoms with E-state index < -0.39 is 12.2 Å². The van der Waals surface area contributed by atoms with Crippen molar-refractivity contribution < 1.29 is 14.3 Å². The van der Waals surface area contributed by atoms with E-state index in [0.717, 1.165) is 0 Å². The molecular formula is C9H14N4O3. The highest BCUT2D eigenvalue weighted by Crippen LogP contribution is 2.18. The molecule has 0 aromatic rings. The predicted octanol–water partition coefficient (Wildman–Crippen LogP) is -0.450. The van der Waals surface area contributed by atoms with Crippen LogP contribution in [0.4, 0.5) is 4.79 Å². The molecule has 0 aromatic carbocycles. The lowest BCUT2D eigenvalue weighted by Crippen LogP contribution is -2.41. The zero-order valence-corrected chi connectivity index (χ0v) is 9.27. The Morgan fingerprint density at radius 2 is 2.38 bits per heavy atom. The fourth-order valence-electron chi connectivity index (χ4n) is 1.80. The normalized spacial score (nSPS) is 24.5. The second kappa shape index (κ2) is 3.99. The van der Waals surface area contributed by atoms with Crippen LogP contribution in [0.15, 0.2) is 5.10 Å². The van der Waals surface area contributed by atoms with E-state index in [1.165, 1.54) is 16.7 Å². The van der Waals surface area contributed by atoms with E-state index in [1.54, 1.807) is 7.05 Å². The van der Waals surface area contributed by atoms with Gasteiger partial charge >= 0.3 is 12.0 Å². The second-order valence-electron chi connectivity index (χ2n) is 3.78. The Morgan fingerprint density at radius 3 is 2.94 bits per heavy atom. The van der Waals surface area contributed by atoms with Gasteiger partial charge in [0.1, 0.15) is 5.84 Å². The van der Waals surface area contributed by atoms with E-state index in [-0.39, 0.29) is 6.03 Å². The maximum absolute atomic E-state index is 11.8. The van der Waals surface area contributed by atoms with Gasteiger partial charge in [0.25, 0.3) is 0 Å². The van der Waals surface area contributed by atoms with Crippen molar-refractivity contribution in [1.29, 1.82) is 0 Å². The quantitative estimate of drug-likeness (QED) is 0.614. The third kappa shape index (κ3) is 1.80. The monoisotopic (exact) mass is 226 g/mol. The Balaban J connectivity index is 2.16. The number of carbonyl (C=O) groups is 2. The number of urea groups is 1. The molecule has 2 rings (SSSR count). The summed E-state index contributed by atoms with van der Waals surface area (Å²) in [4.78, 5) is 25.7. The Kier molecular flexibility index (Phi) is 2.67. The number of hydrazone groups is 1. The Labute approximate surface area is 93.0 Å². The van der Waals surface area contributed by atoms with Gasteiger partial charge in [-0.3, -0.25) is 4.79 Å². The number of rotatable bonds is 1. The molecule has 2 aliphatic heterocycles. The zero-order chi connectivity index (χ0) is 11.7. The van der Waals surface area contributed by atoms with E-state index >= 15 is 0 Å². The number of nitrogens with zero attached hydrogens (tertiary/aromatic N) is 3. The van der Waals surface area contributed by atoms with Gasteiger partial charge in [-0.1, -0.05) is 0 Å². The van der Waals surface area contributed by atoms with E-state index in [4.69, 9.17) is 4.74 Å². The highest BCUT2D eigenvalue weighted by Gasteiger charge is 2.40. The van der Waals surface area contributed by atoms with Crippen molar-refractivity contribution in [2.24, 2.45) is 5.10 Å². The highest BCUT2D eigenvalue weighted by molar-refractivity contribution is 5.99. The van der Waals surface area contributed by atoms with Crippen LogP contribution in [0, 0.1) is 0 Å². The minimum absolute atomic E-state index is 0.186. The molecule has 0 aliphatic carbocycles. The largest absolute Gasteiger partial charge is 0.439 e. The lowest BCUT2D eigenvalue weighted by molar-refractivity contribution is -0.149. The smallest absolute Gasteiger partial charge is 0.328 e. The summed E-state index contributed by atoms with van der Waals surface area (Å²) in [5, 5.41) is 4.01. The van der Waals surface area contributed by atoms with Gasteiger partial charge in [-0.15, -0.1) is 0 Å². The number of ether oxygens (including phenoxy) is 1. The third-order valence-corrected chi connectivity index (χ3v) is 2.50. The summed E-state index contributed by atoms with van der Waals surface area (Å²) in [5.41, 5.74) is 2.79. The average Bonchev–Trinajstić information content (AvgIpc) is 2.76. The number of carbonyl (C=O) groups excluding carboxylic acids is 2. The van der Waals surface area contributed by atoms with Crippen LogP contribution in [-0.4, -0.2) is 54.0 Å². The number of hydrogen-bond acceptors (Lipinski definition) is 5. The number of amides is 2. The molecule has 1 unspecified atom stereocenters. The standard InChI is InChI=1S/C9H14N4O3/c1-6(14)16-8-5-12(2)9(15)13(8)7-3-4-10-11-7/h8,10H,3-5H2,1-2H3. The maximum Gasteiger partial charge on any atom is 0.328 e. The van der Waals surface area contributed by atoms with Crippen molar-refractivity contribution in [3.8, 4) is 0 Å². The van der Waals surface area contributed by atoms with Crippen LogP contribution >= 0.6 is 0 Å². The Hall–Kier alpha value is -1.79. The Bertz CT molecular complexity index is 355.